The molecule has 2 N–H and O–H groups in total. The maximum Gasteiger partial charge on any atom is 0.296 e. The summed E-state index contributed by atoms with van der Waals surface area (Å²) in [5.74, 6) is 0.176. The van der Waals surface area contributed by atoms with E-state index in [9.17, 15) is 18.7 Å². The lowest BCUT2D eigenvalue weighted by Gasteiger charge is -2.36. The molecule has 0 bridgehead atoms. The highest BCUT2D eigenvalue weighted by Gasteiger charge is 2.31. The van der Waals surface area contributed by atoms with Crippen LogP contribution in [-0.4, -0.2) is 100 Å². The van der Waals surface area contributed by atoms with Crippen LogP contribution in [0.3, 0.4) is 0 Å². The van der Waals surface area contributed by atoms with Crippen LogP contribution >= 0.6 is 0 Å². The SMILES string of the molecule is C[C@H](Nc1nc(N2CCOCC2)cc(-n2c(C(F)F)nc3ccccc32)n1)C(=O)N1CCOC[C@@H]1CO. The highest BCUT2D eigenvalue weighted by atomic mass is 19.3. The van der Waals surface area contributed by atoms with E-state index in [1.54, 1.807) is 42.2 Å². The third kappa shape index (κ3) is 5.20. The number of hydrogen-bond donors (Lipinski definition) is 2. The summed E-state index contributed by atoms with van der Waals surface area (Å²) in [5, 5.41) is 12.7. The van der Waals surface area contributed by atoms with E-state index in [0.717, 1.165) is 0 Å². The zero-order chi connectivity index (χ0) is 25.9. The highest BCUT2D eigenvalue weighted by Crippen LogP contribution is 2.29. The Bertz CT molecular complexity index is 1250. The number of imidazole rings is 1. The van der Waals surface area contributed by atoms with Gasteiger partial charge in [0.1, 0.15) is 17.7 Å². The van der Waals surface area contributed by atoms with E-state index >= 15 is 0 Å². The first kappa shape index (κ1) is 25.2. The Morgan fingerprint density at radius 2 is 1.84 bits per heavy atom. The Labute approximate surface area is 212 Å². The third-order valence-corrected chi connectivity index (χ3v) is 6.48. The molecule has 198 valence electrons. The number of anilines is 2. The average Bonchev–Trinajstić information content (AvgIpc) is 3.33. The molecule has 5 rings (SSSR count). The van der Waals surface area contributed by atoms with Gasteiger partial charge < -0.3 is 29.7 Å². The van der Waals surface area contributed by atoms with E-state index in [2.05, 4.69) is 20.3 Å². The molecule has 13 heteroatoms. The molecule has 2 aliphatic rings. The molecular formula is C24H29F2N7O4. The van der Waals surface area contributed by atoms with Crippen molar-refractivity contribution in [3.63, 3.8) is 0 Å². The first-order valence-electron chi connectivity index (χ1n) is 12.2. The second kappa shape index (κ2) is 10.9. The number of amides is 1. The summed E-state index contributed by atoms with van der Waals surface area (Å²) in [6, 6.07) is 7.33. The van der Waals surface area contributed by atoms with Gasteiger partial charge in [-0.2, -0.15) is 9.97 Å². The smallest absolute Gasteiger partial charge is 0.296 e. The molecule has 2 saturated heterocycles. The summed E-state index contributed by atoms with van der Waals surface area (Å²) in [6.45, 7) is 4.61. The van der Waals surface area contributed by atoms with Crippen molar-refractivity contribution < 1.29 is 28.2 Å². The molecule has 0 saturated carbocycles. The maximum absolute atomic E-state index is 14.0. The molecule has 37 heavy (non-hydrogen) atoms. The monoisotopic (exact) mass is 517 g/mol. The van der Waals surface area contributed by atoms with Gasteiger partial charge in [0.2, 0.25) is 11.9 Å². The summed E-state index contributed by atoms with van der Waals surface area (Å²) in [6.07, 6.45) is -2.83. The Morgan fingerprint density at radius 1 is 1.11 bits per heavy atom. The number of nitrogens with one attached hydrogen (secondary N) is 1. The zero-order valence-corrected chi connectivity index (χ0v) is 20.4. The van der Waals surface area contributed by atoms with Crippen LogP contribution in [0, 0.1) is 0 Å². The topological polar surface area (TPSA) is 118 Å². The second-order valence-corrected chi connectivity index (χ2v) is 8.91. The van der Waals surface area contributed by atoms with Crippen molar-refractivity contribution in [2.75, 3.05) is 62.9 Å². The van der Waals surface area contributed by atoms with Crippen LogP contribution in [0.5, 0.6) is 0 Å². The van der Waals surface area contributed by atoms with Gasteiger partial charge in [-0.25, -0.2) is 13.8 Å². The number of halogens is 2. The summed E-state index contributed by atoms with van der Waals surface area (Å²) < 4.78 is 40.2. The normalized spacial score (nSPS) is 19.4. The number of aliphatic hydroxyl groups excluding tert-OH is 1. The van der Waals surface area contributed by atoms with Crippen molar-refractivity contribution >= 4 is 28.7 Å². The number of alkyl halides is 2. The number of carbonyl (C=O) groups excluding carboxylic acids is 1. The predicted molar refractivity (Wildman–Crippen MR) is 131 cm³/mol. The van der Waals surface area contributed by atoms with Crippen molar-refractivity contribution in [2.45, 2.75) is 25.4 Å². The number of para-hydroxylation sites is 2. The van der Waals surface area contributed by atoms with Crippen LogP contribution in [0.25, 0.3) is 16.9 Å². The number of aliphatic hydroxyl groups is 1. The summed E-state index contributed by atoms with van der Waals surface area (Å²) in [5.41, 5.74) is 0.906. The summed E-state index contributed by atoms with van der Waals surface area (Å²) in [4.78, 5) is 30.0. The number of nitrogens with zero attached hydrogens (tertiary/aromatic N) is 6. The van der Waals surface area contributed by atoms with E-state index in [1.165, 1.54) is 4.57 Å². The largest absolute Gasteiger partial charge is 0.394 e. The summed E-state index contributed by atoms with van der Waals surface area (Å²) >= 11 is 0. The molecule has 0 spiro atoms. The average molecular weight is 518 g/mol. The number of fused-ring (bicyclic) bond motifs is 1. The van der Waals surface area contributed by atoms with Gasteiger partial charge in [0, 0.05) is 25.7 Å². The molecule has 2 atom stereocenters. The maximum atomic E-state index is 14.0. The van der Waals surface area contributed by atoms with Crippen molar-refractivity contribution in [3.05, 3.63) is 36.2 Å². The van der Waals surface area contributed by atoms with Gasteiger partial charge in [-0.05, 0) is 19.1 Å². The van der Waals surface area contributed by atoms with Crippen molar-refractivity contribution in [1.82, 2.24) is 24.4 Å². The van der Waals surface area contributed by atoms with Gasteiger partial charge in [-0.3, -0.25) is 9.36 Å². The third-order valence-electron chi connectivity index (χ3n) is 6.48. The van der Waals surface area contributed by atoms with Crippen LogP contribution in [0.1, 0.15) is 19.2 Å². The van der Waals surface area contributed by atoms with Crippen LogP contribution in [0.2, 0.25) is 0 Å². The molecule has 3 aromatic rings. The lowest BCUT2D eigenvalue weighted by Crippen LogP contribution is -2.54. The molecule has 0 aliphatic carbocycles. The zero-order valence-electron chi connectivity index (χ0n) is 20.4. The minimum absolute atomic E-state index is 0.117. The molecule has 2 aliphatic heterocycles. The van der Waals surface area contributed by atoms with Crippen LogP contribution in [0.4, 0.5) is 20.5 Å². The Morgan fingerprint density at radius 3 is 2.59 bits per heavy atom. The fraction of sp³-hybridized carbons (Fsp3) is 0.500. The molecule has 0 unspecified atom stereocenters. The van der Waals surface area contributed by atoms with Gasteiger partial charge in [0.05, 0.1) is 50.1 Å². The van der Waals surface area contributed by atoms with E-state index < -0.39 is 24.3 Å². The first-order chi connectivity index (χ1) is 18.0. The number of aromatic nitrogens is 4. The van der Waals surface area contributed by atoms with Crippen molar-refractivity contribution in [1.29, 1.82) is 0 Å². The molecule has 1 amide bonds. The molecule has 0 radical (unpaired) electrons. The van der Waals surface area contributed by atoms with Crippen LogP contribution < -0.4 is 10.2 Å². The van der Waals surface area contributed by atoms with Gasteiger partial charge in [0.25, 0.3) is 6.43 Å². The Hall–Kier alpha value is -3.42. The van der Waals surface area contributed by atoms with Crippen LogP contribution in [0.15, 0.2) is 30.3 Å². The van der Waals surface area contributed by atoms with Gasteiger partial charge >= 0.3 is 0 Å². The van der Waals surface area contributed by atoms with Crippen molar-refractivity contribution in [2.24, 2.45) is 0 Å². The van der Waals surface area contributed by atoms with Crippen molar-refractivity contribution in [3.8, 4) is 5.82 Å². The lowest BCUT2D eigenvalue weighted by atomic mass is 10.2. The molecule has 2 aromatic heterocycles. The number of benzene rings is 1. The number of rotatable bonds is 7. The fourth-order valence-corrected chi connectivity index (χ4v) is 4.59. The molecule has 1 aromatic carbocycles. The molecule has 4 heterocycles. The molecule has 11 nitrogen and oxygen atoms in total. The highest BCUT2D eigenvalue weighted by molar-refractivity contribution is 5.84. The molecule has 2 fully saturated rings. The first-order valence-corrected chi connectivity index (χ1v) is 12.2. The Balaban J connectivity index is 1.53. The predicted octanol–water partition coefficient (Wildman–Crippen LogP) is 1.61. The minimum Gasteiger partial charge on any atom is -0.394 e. The van der Waals surface area contributed by atoms with E-state index in [-0.39, 0.29) is 30.9 Å². The second-order valence-electron chi connectivity index (χ2n) is 8.91. The summed E-state index contributed by atoms with van der Waals surface area (Å²) in [7, 11) is 0. The quantitative estimate of drug-likeness (QED) is 0.482. The number of hydrogen-bond acceptors (Lipinski definition) is 9. The number of ether oxygens (including phenoxy) is 2. The fourth-order valence-electron chi connectivity index (χ4n) is 4.59. The van der Waals surface area contributed by atoms with E-state index in [4.69, 9.17) is 9.47 Å². The van der Waals surface area contributed by atoms with Gasteiger partial charge in [-0.15, -0.1) is 0 Å². The standard InChI is InChI=1S/C24H29F2N7O4/c1-15(23(35)32-8-11-37-14-16(32)13-34)27-24-29-19(31-6-9-36-10-7-31)12-20(30-24)33-18-5-3-2-4-17(18)28-22(33)21(25)26/h2-5,12,15-16,21,34H,6-11,13-14H2,1H3,(H,27,29,30)/t15-,16-/m0/s1. The van der Waals surface area contributed by atoms with E-state index in [1.807, 2.05) is 4.90 Å². The number of morpholine rings is 2. The molecular weight excluding hydrogens is 488 g/mol. The van der Waals surface area contributed by atoms with Gasteiger partial charge in [-0.1, -0.05) is 12.1 Å². The minimum atomic E-state index is -2.83. The lowest BCUT2D eigenvalue weighted by molar-refractivity contribution is -0.142. The van der Waals surface area contributed by atoms with Gasteiger partial charge in [0.15, 0.2) is 5.82 Å². The number of carbonyl (C=O) groups is 1. The van der Waals surface area contributed by atoms with Crippen LogP contribution in [-0.2, 0) is 14.3 Å². The van der Waals surface area contributed by atoms with E-state index in [0.29, 0.717) is 56.3 Å². The Kier molecular flexibility index (Phi) is 7.44.